The van der Waals surface area contributed by atoms with E-state index in [0.717, 1.165) is 0 Å². The summed E-state index contributed by atoms with van der Waals surface area (Å²) >= 11 is 0. The van der Waals surface area contributed by atoms with Crippen LogP contribution in [-0.2, 0) is 30.2 Å². The Labute approximate surface area is 128 Å². The molecular weight excluding hydrogens is 293 g/mol. The Bertz CT molecular complexity index is 477. The Hall–Kier alpha value is -1.99. The van der Waals surface area contributed by atoms with Crippen molar-refractivity contribution in [2.45, 2.75) is 12.5 Å². The third-order valence-electron chi connectivity index (χ3n) is 2.84. The molecule has 1 atom stereocenters. The topological polar surface area (TPSA) is 73.9 Å². The Kier molecular flexibility index (Phi) is 8.09. The maximum atomic E-state index is 12.9. The molecule has 0 aromatic heterocycles. The molecule has 6 nitrogen and oxygen atoms in total. The van der Waals surface area contributed by atoms with Gasteiger partial charge in [0.25, 0.3) is 0 Å². The van der Waals surface area contributed by atoms with Crippen LogP contribution in [0.3, 0.4) is 0 Å². The highest BCUT2D eigenvalue weighted by molar-refractivity contribution is 5.85. The second kappa shape index (κ2) is 9.86. The molecule has 1 N–H and O–H groups in total. The summed E-state index contributed by atoms with van der Waals surface area (Å²) < 4.78 is 27.4. The van der Waals surface area contributed by atoms with Crippen molar-refractivity contribution < 1.29 is 28.2 Å². The van der Waals surface area contributed by atoms with Gasteiger partial charge in [0.15, 0.2) is 0 Å². The SMILES string of the molecule is COCCOCC(=O)N[C@H](Cc1ccc(F)cc1)C(=O)OC. The molecule has 1 rings (SSSR count). The lowest BCUT2D eigenvalue weighted by atomic mass is 10.1. The molecular formula is C15H20FNO5. The maximum Gasteiger partial charge on any atom is 0.328 e. The number of carbonyl (C=O) groups excluding carboxylic acids is 2. The van der Waals surface area contributed by atoms with Gasteiger partial charge in [-0.3, -0.25) is 4.79 Å². The van der Waals surface area contributed by atoms with Gasteiger partial charge in [0.1, 0.15) is 18.5 Å². The molecule has 0 unspecified atom stereocenters. The molecule has 1 amide bonds. The lowest BCUT2D eigenvalue weighted by Crippen LogP contribution is -2.44. The van der Waals surface area contributed by atoms with Crippen molar-refractivity contribution >= 4 is 11.9 Å². The van der Waals surface area contributed by atoms with E-state index in [2.05, 4.69) is 10.1 Å². The van der Waals surface area contributed by atoms with Gasteiger partial charge >= 0.3 is 5.97 Å². The van der Waals surface area contributed by atoms with Crippen LogP contribution >= 0.6 is 0 Å². The molecule has 0 saturated carbocycles. The predicted octanol–water partition coefficient (Wildman–Crippen LogP) is 0.689. The van der Waals surface area contributed by atoms with E-state index in [4.69, 9.17) is 9.47 Å². The molecule has 22 heavy (non-hydrogen) atoms. The van der Waals surface area contributed by atoms with Gasteiger partial charge in [-0.05, 0) is 17.7 Å². The monoisotopic (exact) mass is 313 g/mol. The number of halogens is 1. The van der Waals surface area contributed by atoms with Crippen molar-refractivity contribution in [3.8, 4) is 0 Å². The highest BCUT2D eigenvalue weighted by atomic mass is 19.1. The van der Waals surface area contributed by atoms with Crippen molar-refractivity contribution in [1.82, 2.24) is 5.32 Å². The first-order chi connectivity index (χ1) is 10.6. The van der Waals surface area contributed by atoms with Crippen LogP contribution in [0.5, 0.6) is 0 Å². The van der Waals surface area contributed by atoms with Crippen molar-refractivity contribution in [1.29, 1.82) is 0 Å². The molecule has 1 aromatic rings. The summed E-state index contributed by atoms with van der Waals surface area (Å²) in [6, 6.07) is 4.83. The average Bonchev–Trinajstić information content (AvgIpc) is 2.52. The van der Waals surface area contributed by atoms with Crippen LogP contribution in [0.4, 0.5) is 4.39 Å². The molecule has 0 radical (unpaired) electrons. The van der Waals surface area contributed by atoms with Crippen LogP contribution in [0.15, 0.2) is 24.3 Å². The minimum atomic E-state index is -0.853. The number of methoxy groups -OCH3 is 2. The molecule has 0 fully saturated rings. The van der Waals surface area contributed by atoms with Gasteiger partial charge in [-0.1, -0.05) is 12.1 Å². The number of amides is 1. The van der Waals surface area contributed by atoms with Gasteiger partial charge in [0, 0.05) is 13.5 Å². The van der Waals surface area contributed by atoms with E-state index < -0.39 is 17.9 Å². The number of nitrogens with one attached hydrogen (secondary N) is 1. The largest absolute Gasteiger partial charge is 0.467 e. The average molecular weight is 313 g/mol. The lowest BCUT2D eigenvalue weighted by molar-refractivity contribution is -0.145. The highest BCUT2D eigenvalue weighted by Gasteiger charge is 2.21. The number of rotatable bonds is 9. The molecule has 0 saturated heterocycles. The summed E-state index contributed by atoms with van der Waals surface area (Å²) in [6.45, 7) is 0.480. The van der Waals surface area contributed by atoms with Crippen LogP contribution in [0.25, 0.3) is 0 Å². The molecule has 7 heteroatoms. The van der Waals surface area contributed by atoms with Gasteiger partial charge < -0.3 is 19.5 Å². The molecule has 122 valence electrons. The van der Waals surface area contributed by atoms with Gasteiger partial charge in [-0.25, -0.2) is 9.18 Å². The van der Waals surface area contributed by atoms with E-state index in [-0.39, 0.29) is 25.5 Å². The normalized spacial score (nSPS) is 11.8. The Morgan fingerprint density at radius 3 is 2.45 bits per heavy atom. The first-order valence-electron chi connectivity index (χ1n) is 6.75. The van der Waals surface area contributed by atoms with Gasteiger partial charge in [-0.15, -0.1) is 0 Å². The zero-order chi connectivity index (χ0) is 16.4. The number of ether oxygens (including phenoxy) is 3. The second-order valence-electron chi connectivity index (χ2n) is 4.52. The fourth-order valence-corrected chi connectivity index (χ4v) is 1.73. The van der Waals surface area contributed by atoms with Crippen molar-refractivity contribution in [2.24, 2.45) is 0 Å². The number of hydrogen-bond acceptors (Lipinski definition) is 5. The Balaban J connectivity index is 2.55. The molecule has 0 aliphatic rings. The summed E-state index contributed by atoms with van der Waals surface area (Å²) in [7, 11) is 2.76. The zero-order valence-corrected chi connectivity index (χ0v) is 12.6. The molecule has 0 bridgehead atoms. The van der Waals surface area contributed by atoms with Crippen LogP contribution in [-0.4, -0.2) is 52.0 Å². The molecule has 0 aliphatic heterocycles. The summed E-state index contributed by atoms with van der Waals surface area (Å²) in [5, 5.41) is 2.53. The fraction of sp³-hybridized carbons (Fsp3) is 0.467. The van der Waals surface area contributed by atoms with Crippen LogP contribution in [0.2, 0.25) is 0 Å². The second-order valence-corrected chi connectivity index (χ2v) is 4.52. The van der Waals surface area contributed by atoms with E-state index in [1.807, 2.05) is 0 Å². The number of benzene rings is 1. The fourth-order valence-electron chi connectivity index (χ4n) is 1.73. The molecule has 0 aliphatic carbocycles. The van der Waals surface area contributed by atoms with Crippen LogP contribution < -0.4 is 5.32 Å². The summed E-state index contributed by atoms with van der Waals surface area (Å²) in [6.07, 6.45) is 0.205. The standard InChI is InChI=1S/C15H20FNO5/c1-20-7-8-22-10-14(18)17-13(15(19)21-2)9-11-3-5-12(16)6-4-11/h3-6,13H,7-10H2,1-2H3,(H,17,18)/t13-/m1/s1. The van der Waals surface area contributed by atoms with E-state index in [9.17, 15) is 14.0 Å². The number of hydrogen-bond donors (Lipinski definition) is 1. The highest BCUT2D eigenvalue weighted by Crippen LogP contribution is 2.07. The minimum Gasteiger partial charge on any atom is -0.467 e. The molecule has 0 spiro atoms. The quantitative estimate of drug-likeness (QED) is 0.536. The van der Waals surface area contributed by atoms with Crippen molar-refractivity contribution in [2.75, 3.05) is 34.0 Å². The third kappa shape index (κ3) is 6.64. The Morgan fingerprint density at radius 2 is 1.86 bits per heavy atom. The zero-order valence-electron chi connectivity index (χ0n) is 12.6. The van der Waals surface area contributed by atoms with Gasteiger partial charge in [0.2, 0.25) is 5.91 Å². The first kappa shape index (κ1) is 18.1. The molecule has 1 aromatic carbocycles. The lowest BCUT2D eigenvalue weighted by Gasteiger charge is -2.16. The van der Waals surface area contributed by atoms with E-state index in [1.54, 1.807) is 12.1 Å². The van der Waals surface area contributed by atoms with E-state index in [1.165, 1.54) is 26.4 Å². The minimum absolute atomic E-state index is 0.180. The number of carbonyl (C=O) groups is 2. The van der Waals surface area contributed by atoms with Crippen molar-refractivity contribution in [3.05, 3.63) is 35.6 Å². The van der Waals surface area contributed by atoms with Crippen molar-refractivity contribution in [3.63, 3.8) is 0 Å². The summed E-state index contributed by atoms with van der Waals surface area (Å²) in [5.74, 6) is -1.38. The molecule has 0 heterocycles. The smallest absolute Gasteiger partial charge is 0.328 e. The van der Waals surface area contributed by atoms with E-state index >= 15 is 0 Å². The van der Waals surface area contributed by atoms with Crippen LogP contribution in [0.1, 0.15) is 5.56 Å². The number of esters is 1. The summed E-state index contributed by atoms with van der Waals surface area (Å²) in [5.41, 5.74) is 0.706. The predicted molar refractivity (Wildman–Crippen MR) is 76.7 cm³/mol. The third-order valence-corrected chi connectivity index (χ3v) is 2.84. The Morgan fingerprint density at radius 1 is 1.18 bits per heavy atom. The van der Waals surface area contributed by atoms with Gasteiger partial charge in [-0.2, -0.15) is 0 Å². The first-order valence-corrected chi connectivity index (χ1v) is 6.75. The van der Waals surface area contributed by atoms with E-state index in [0.29, 0.717) is 12.2 Å². The van der Waals surface area contributed by atoms with Gasteiger partial charge in [0.05, 0.1) is 20.3 Å². The van der Waals surface area contributed by atoms with Crippen LogP contribution in [0, 0.1) is 5.82 Å². The maximum absolute atomic E-state index is 12.9. The summed E-state index contributed by atoms with van der Waals surface area (Å²) in [4.78, 5) is 23.5.